The fraction of sp³-hybridized carbons (Fsp3) is 0.100. The van der Waals surface area contributed by atoms with E-state index in [1.54, 1.807) is 36.2 Å². The van der Waals surface area contributed by atoms with E-state index in [2.05, 4.69) is 10.1 Å². The number of ether oxygens (including phenoxy) is 1. The van der Waals surface area contributed by atoms with Crippen LogP contribution >= 0.6 is 0 Å². The molecule has 0 aliphatic heterocycles. The van der Waals surface area contributed by atoms with E-state index in [4.69, 9.17) is 4.74 Å². The molecule has 2 aromatic heterocycles. The van der Waals surface area contributed by atoms with Crippen molar-refractivity contribution in [2.24, 2.45) is 0 Å². The van der Waals surface area contributed by atoms with Crippen LogP contribution in [0.3, 0.4) is 0 Å². The molecule has 4 rings (SSSR count). The van der Waals surface area contributed by atoms with Gasteiger partial charge in [-0.2, -0.15) is 9.61 Å². The topological polar surface area (TPSA) is 42.7 Å². The van der Waals surface area contributed by atoms with Crippen molar-refractivity contribution in [1.82, 2.24) is 14.6 Å². The van der Waals surface area contributed by atoms with Crippen LogP contribution in [0.2, 0.25) is 0 Å². The van der Waals surface area contributed by atoms with Crippen molar-refractivity contribution < 1.29 is 9.13 Å². The Morgan fingerprint density at radius 1 is 0.962 bits per heavy atom. The van der Waals surface area contributed by atoms with Crippen molar-refractivity contribution in [1.29, 1.82) is 0 Å². The zero-order chi connectivity index (χ0) is 18.1. The SMILES string of the molecule is COc1cc(-c2ccc(F)cc2)ccc1N(C)c1ccnc2ccnn12. The molecule has 26 heavy (non-hydrogen) atoms. The Morgan fingerprint density at radius 2 is 1.73 bits per heavy atom. The zero-order valence-corrected chi connectivity index (χ0v) is 14.4. The van der Waals surface area contributed by atoms with Gasteiger partial charge < -0.3 is 9.64 Å². The molecule has 2 aromatic carbocycles. The van der Waals surface area contributed by atoms with Crippen molar-refractivity contribution in [3.05, 3.63) is 72.8 Å². The largest absolute Gasteiger partial charge is 0.495 e. The molecule has 0 atom stereocenters. The molecule has 0 bridgehead atoms. The molecule has 0 aliphatic carbocycles. The number of anilines is 2. The molecule has 6 heteroatoms. The first-order valence-corrected chi connectivity index (χ1v) is 8.14. The molecule has 4 aromatic rings. The highest BCUT2D eigenvalue weighted by Gasteiger charge is 2.14. The third-order valence-corrected chi connectivity index (χ3v) is 4.33. The van der Waals surface area contributed by atoms with Crippen LogP contribution in [0.15, 0.2) is 67.0 Å². The lowest BCUT2D eigenvalue weighted by molar-refractivity contribution is 0.416. The molecule has 0 saturated heterocycles. The Bertz CT molecular complexity index is 1060. The second-order valence-electron chi connectivity index (χ2n) is 5.86. The average Bonchev–Trinajstić information content (AvgIpc) is 3.16. The van der Waals surface area contributed by atoms with Gasteiger partial charge in [-0.15, -0.1) is 0 Å². The quantitative estimate of drug-likeness (QED) is 0.551. The fourth-order valence-electron chi connectivity index (χ4n) is 2.98. The van der Waals surface area contributed by atoms with E-state index in [1.807, 2.05) is 42.3 Å². The van der Waals surface area contributed by atoms with Crippen molar-refractivity contribution >= 4 is 17.2 Å². The maximum absolute atomic E-state index is 13.2. The molecule has 0 amide bonds. The molecular weight excluding hydrogens is 331 g/mol. The van der Waals surface area contributed by atoms with E-state index >= 15 is 0 Å². The van der Waals surface area contributed by atoms with E-state index < -0.39 is 0 Å². The smallest absolute Gasteiger partial charge is 0.157 e. The number of rotatable bonds is 4. The average molecular weight is 348 g/mol. The van der Waals surface area contributed by atoms with E-state index in [0.717, 1.165) is 28.3 Å². The van der Waals surface area contributed by atoms with E-state index in [-0.39, 0.29) is 5.82 Å². The molecule has 0 saturated carbocycles. The fourth-order valence-corrected chi connectivity index (χ4v) is 2.98. The Labute approximate surface area is 150 Å². The summed E-state index contributed by atoms with van der Waals surface area (Å²) < 4.78 is 20.5. The zero-order valence-electron chi connectivity index (χ0n) is 14.4. The first-order valence-electron chi connectivity index (χ1n) is 8.14. The summed E-state index contributed by atoms with van der Waals surface area (Å²) >= 11 is 0. The summed E-state index contributed by atoms with van der Waals surface area (Å²) in [7, 11) is 3.59. The number of benzene rings is 2. The number of hydrogen-bond acceptors (Lipinski definition) is 4. The highest BCUT2D eigenvalue weighted by atomic mass is 19.1. The predicted octanol–water partition coefficient (Wildman–Crippen LogP) is 4.31. The Morgan fingerprint density at radius 3 is 2.50 bits per heavy atom. The summed E-state index contributed by atoms with van der Waals surface area (Å²) in [6, 6.07) is 16.1. The summed E-state index contributed by atoms with van der Waals surface area (Å²) in [6.07, 6.45) is 3.47. The van der Waals surface area contributed by atoms with Crippen molar-refractivity contribution in [2.45, 2.75) is 0 Å². The summed E-state index contributed by atoms with van der Waals surface area (Å²) in [4.78, 5) is 6.29. The third kappa shape index (κ3) is 2.75. The number of nitrogens with zero attached hydrogens (tertiary/aromatic N) is 4. The number of methoxy groups -OCH3 is 1. The van der Waals surface area contributed by atoms with Crippen LogP contribution in [0.1, 0.15) is 0 Å². The van der Waals surface area contributed by atoms with Gasteiger partial charge in [-0.3, -0.25) is 0 Å². The van der Waals surface area contributed by atoms with Crippen LogP contribution in [-0.4, -0.2) is 28.8 Å². The van der Waals surface area contributed by atoms with E-state index in [0.29, 0.717) is 5.75 Å². The highest BCUT2D eigenvalue weighted by Crippen LogP contribution is 2.36. The standard InChI is InChI=1S/C20H17FN4O/c1-24(20-10-11-22-19-9-12-23-25(19)20)17-8-5-15(13-18(17)26-2)14-3-6-16(21)7-4-14/h3-13H,1-2H3. The summed E-state index contributed by atoms with van der Waals surface area (Å²) in [5, 5.41) is 4.33. The molecule has 5 nitrogen and oxygen atoms in total. The van der Waals surface area contributed by atoms with Gasteiger partial charge in [-0.25, -0.2) is 9.37 Å². The summed E-state index contributed by atoms with van der Waals surface area (Å²) in [6.45, 7) is 0. The molecule has 0 fully saturated rings. The maximum atomic E-state index is 13.2. The normalized spacial score (nSPS) is 10.9. The molecular formula is C20H17FN4O. The van der Waals surface area contributed by atoms with Crippen LogP contribution in [0.5, 0.6) is 5.75 Å². The number of fused-ring (bicyclic) bond motifs is 1. The third-order valence-electron chi connectivity index (χ3n) is 4.33. The van der Waals surface area contributed by atoms with Crippen LogP contribution < -0.4 is 9.64 Å². The van der Waals surface area contributed by atoms with Gasteiger partial charge >= 0.3 is 0 Å². The van der Waals surface area contributed by atoms with Crippen LogP contribution in [0.25, 0.3) is 16.8 Å². The Hall–Kier alpha value is -3.41. The van der Waals surface area contributed by atoms with Crippen LogP contribution in [0.4, 0.5) is 15.9 Å². The minimum atomic E-state index is -0.252. The van der Waals surface area contributed by atoms with Gasteiger partial charge in [0.25, 0.3) is 0 Å². The van der Waals surface area contributed by atoms with Crippen molar-refractivity contribution in [3.63, 3.8) is 0 Å². The minimum Gasteiger partial charge on any atom is -0.495 e. The lowest BCUT2D eigenvalue weighted by Crippen LogP contribution is -2.15. The lowest BCUT2D eigenvalue weighted by Gasteiger charge is -2.22. The first-order chi connectivity index (χ1) is 12.7. The molecule has 0 radical (unpaired) electrons. The second-order valence-corrected chi connectivity index (χ2v) is 5.86. The number of hydrogen-bond donors (Lipinski definition) is 0. The van der Waals surface area contributed by atoms with Gasteiger partial charge in [-0.1, -0.05) is 18.2 Å². The van der Waals surface area contributed by atoms with Crippen molar-refractivity contribution in [3.8, 4) is 16.9 Å². The molecule has 0 unspecified atom stereocenters. The van der Waals surface area contributed by atoms with Gasteiger partial charge in [-0.05, 0) is 41.5 Å². The van der Waals surface area contributed by atoms with Gasteiger partial charge in [0.15, 0.2) is 5.65 Å². The monoisotopic (exact) mass is 348 g/mol. The molecule has 0 spiro atoms. The predicted molar refractivity (Wildman–Crippen MR) is 99.4 cm³/mol. The molecule has 2 heterocycles. The van der Waals surface area contributed by atoms with Gasteiger partial charge in [0.2, 0.25) is 0 Å². The molecule has 0 N–H and O–H groups in total. The van der Waals surface area contributed by atoms with Crippen LogP contribution in [-0.2, 0) is 0 Å². The minimum absolute atomic E-state index is 0.252. The van der Waals surface area contributed by atoms with E-state index in [1.165, 1.54) is 12.1 Å². The van der Waals surface area contributed by atoms with Gasteiger partial charge in [0.05, 0.1) is 19.0 Å². The maximum Gasteiger partial charge on any atom is 0.157 e. The molecule has 0 aliphatic rings. The van der Waals surface area contributed by atoms with Crippen LogP contribution in [0, 0.1) is 5.82 Å². The number of halogens is 1. The summed E-state index contributed by atoms with van der Waals surface area (Å²) in [5.41, 5.74) is 3.55. The van der Waals surface area contributed by atoms with E-state index in [9.17, 15) is 4.39 Å². The second kappa shape index (κ2) is 6.48. The Kier molecular flexibility index (Phi) is 4.01. The van der Waals surface area contributed by atoms with Gasteiger partial charge in [0.1, 0.15) is 17.4 Å². The van der Waals surface area contributed by atoms with Gasteiger partial charge in [0, 0.05) is 19.3 Å². The Balaban J connectivity index is 1.76. The van der Waals surface area contributed by atoms with Crippen molar-refractivity contribution in [2.75, 3.05) is 19.1 Å². The summed E-state index contributed by atoms with van der Waals surface area (Å²) in [5.74, 6) is 1.33. The first kappa shape index (κ1) is 16.1. The molecule has 130 valence electrons. The highest BCUT2D eigenvalue weighted by molar-refractivity contribution is 5.74. The number of aromatic nitrogens is 3. The lowest BCUT2D eigenvalue weighted by atomic mass is 10.0.